The van der Waals surface area contributed by atoms with Crippen molar-refractivity contribution in [2.24, 2.45) is 0 Å². The van der Waals surface area contributed by atoms with E-state index in [1.807, 2.05) is 0 Å². The molecule has 9 nitrogen and oxygen atoms in total. The van der Waals surface area contributed by atoms with Gasteiger partial charge in [0, 0.05) is 37.5 Å². The summed E-state index contributed by atoms with van der Waals surface area (Å²) in [6, 6.07) is 4.38. The van der Waals surface area contributed by atoms with Crippen molar-refractivity contribution in [1.82, 2.24) is 14.8 Å². The number of carbonyl (C=O) groups excluding carboxylic acids is 1. The Bertz CT molecular complexity index is 830. The molecule has 2 rings (SSSR count). The molecule has 0 saturated heterocycles. The predicted molar refractivity (Wildman–Crippen MR) is 92.2 cm³/mol. The lowest BCUT2D eigenvalue weighted by Crippen LogP contribution is -2.18. The van der Waals surface area contributed by atoms with E-state index in [0.29, 0.717) is 30.3 Å². The third-order valence-electron chi connectivity index (χ3n) is 3.51. The number of methoxy groups -OCH3 is 1. The molecule has 0 aliphatic carbocycles. The van der Waals surface area contributed by atoms with E-state index in [2.05, 4.69) is 10.2 Å². The Kier molecular flexibility index (Phi) is 6.48. The summed E-state index contributed by atoms with van der Waals surface area (Å²) in [6.07, 6.45) is 0.640. The first-order valence-corrected chi connectivity index (χ1v) is 8.47. The van der Waals surface area contributed by atoms with Gasteiger partial charge in [-0.3, -0.25) is 19.5 Å². The Morgan fingerprint density at radius 2 is 2.24 bits per heavy atom. The molecule has 134 valence electrons. The molecule has 25 heavy (non-hydrogen) atoms. The van der Waals surface area contributed by atoms with Gasteiger partial charge in [0.15, 0.2) is 10.9 Å². The SMILES string of the molecule is COCCCn1c(SCC(=O)c2ccc(C)c([N+](=O)[O-])c2)n[nH]c1=O. The van der Waals surface area contributed by atoms with Gasteiger partial charge in [0.1, 0.15) is 0 Å². The average molecular weight is 366 g/mol. The van der Waals surface area contributed by atoms with E-state index < -0.39 is 4.92 Å². The first kappa shape index (κ1) is 18.9. The monoisotopic (exact) mass is 366 g/mol. The van der Waals surface area contributed by atoms with Crippen molar-refractivity contribution in [3.63, 3.8) is 0 Å². The molecule has 1 N–H and O–H groups in total. The maximum absolute atomic E-state index is 12.3. The topological polar surface area (TPSA) is 120 Å². The molecule has 0 fully saturated rings. The van der Waals surface area contributed by atoms with Crippen molar-refractivity contribution < 1.29 is 14.5 Å². The van der Waals surface area contributed by atoms with Crippen LogP contribution in [-0.4, -0.2) is 44.9 Å². The first-order valence-electron chi connectivity index (χ1n) is 7.49. The molecule has 1 heterocycles. The summed E-state index contributed by atoms with van der Waals surface area (Å²) in [4.78, 5) is 34.5. The van der Waals surface area contributed by atoms with Crippen molar-refractivity contribution >= 4 is 23.2 Å². The van der Waals surface area contributed by atoms with E-state index in [4.69, 9.17) is 4.74 Å². The van der Waals surface area contributed by atoms with Crippen LogP contribution in [0.1, 0.15) is 22.3 Å². The van der Waals surface area contributed by atoms with Gasteiger partial charge < -0.3 is 4.74 Å². The molecule has 0 aliphatic heterocycles. The summed E-state index contributed by atoms with van der Waals surface area (Å²) in [7, 11) is 1.58. The minimum Gasteiger partial charge on any atom is -0.385 e. The standard InChI is InChI=1S/C15H18N4O5S/c1-10-4-5-11(8-12(10)19(22)23)13(20)9-25-15-17-16-14(21)18(15)6-3-7-24-2/h4-5,8H,3,6-7,9H2,1-2H3,(H,16,21). The van der Waals surface area contributed by atoms with Crippen molar-refractivity contribution in [3.8, 4) is 0 Å². The normalized spacial score (nSPS) is 10.8. The lowest BCUT2D eigenvalue weighted by Gasteiger charge is -2.05. The van der Waals surface area contributed by atoms with E-state index in [1.54, 1.807) is 26.2 Å². The molecule has 0 radical (unpaired) electrons. The van der Waals surface area contributed by atoms with Crippen LogP contribution in [-0.2, 0) is 11.3 Å². The average Bonchev–Trinajstić information content (AvgIpc) is 2.93. The van der Waals surface area contributed by atoms with Gasteiger partial charge in [-0.25, -0.2) is 9.89 Å². The number of aryl methyl sites for hydroxylation is 1. The molecule has 0 atom stereocenters. The fourth-order valence-corrected chi connectivity index (χ4v) is 3.04. The Balaban J connectivity index is 2.07. The van der Waals surface area contributed by atoms with Gasteiger partial charge in [-0.05, 0) is 13.3 Å². The van der Waals surface area contributed by atoms with Crippen molar-refractivity contribution in [3.05, 3.63) is 49.9 Å². The van der Waals surface area contributed by atoms with Gasteiger partial charge in [-0.1, -0.05) is 23.9 Å². The smallest absolute Gasteiger partial charge is 0.343 e. The summed E-state index contributed by atoms with van der Waals surface area (Å²) in [5.74, 6) is -0.249. The van der Waals surface area contributed by atoms with E-state index in [9.17, 15) is 19.7 Å². The first-order chi connectivity index (χ1) is 11.9. The Morgan fingerprint density at radius 3 is 2.92 bits per heavy atom. The highest BCUT2D eigenvalue weighted by molar-refractivity contribution is 7.99. The lowest BCUT2D eigenvalue weighted by atomic mass is 10.1. The van der Waals surface area contributed by atoms with Crippen molar-refractivity contribution in [2.45, 2.75) is 25.0 Å². The number of rotatable bonds is 9. The summed E-state index contributed by atoms with van der Waals surface area (Å²) in [5.41, 5.74) is 0.311. The Labute approximate surface area is 147 Å². The number of ether oxygens (including phenoxy) is 1. The number of hydrogen-bond donors (Lipinski definition) is 1. The fraction of sp³-hybridized carbons (Fsp3) is 0.400. The van der Waals surface area contributed by atoms with Gasteiger partial charge in [-0.15, -0.1) is 5.10 Å². The van der Waals surface area contributed by atoms with Crippen molar-refractivity contribution in [1.29, 1.82) is 0 Å². The number of aromatic nitrogens is 3. The van der Waals surface area contributed by atoms with Crippen LogP contribution in [0.4, 0.5) is 5.69 Å². The van der Waals surface area contributed by atoms with E-state index in [-0.39, 0.29) is 28.5 Å². The lowest BCUT2D eigenvalue weighted by molar-refractivity contribution is -0.385. The number of aromatic amines is 1. The zero-order valence-electron chi connectivity index (χ0n) is 13.9. The number of Topliss-reactive ketones (excluding diaryl/α,β-unsaturated/α-hetero) is 1. The number of nitrogens with one attached hydrogen (secondary N) is 1. The van der Waals surface area contributed by atoms with Gasteiger partial charge in [-0.2, -0.15) is 0 Å². The molecule has 0 spiro atoms. The zero-order valence-corrected chi connectivity index (χ0v) is 14.7. The van der Waals surface area contributed by atoms with Crippen LogP contribution in [0.3, 0.4) is 0 Å². The van der Waals surface area contributed by atoms with Crippen LogP contribution in [0, 0.1) is 17.0 Å². The Morgan fingerprint density at radius 1 is 1.48 bits per heavy atom. The number of nitrogens with zero attached hydrogens (tertiary/aromatic N) is 3. The summed E-state index contributed by atoms with van der Waals surface area (Å²) in [5, 5.41) is 17.6. The number of hydrogen-bond acceptors (Lipinski definition) is 7. The van der Waals surface area contributed by atoms with Crippen LogP contribution in [0.2, 0.25) is 0 Å². The summed E-state index contributed by atoms with van der Waals surface area (Å²) in [6.45, 7) is 2.55. The number of nitro groups is 1. The van der Waals surface area contributed by atoms with Gasteiger partial charge in [0.2, 0.25) is 0 Å². The molecule has 0 unspecified atom stereocenters. The maximum Gasteiger partial charge on any atom is 0.343 e. The molecule has 0 amide bonds. The maximum atomic E-state index is 12.3. The van der Waals surface area contributed by atoms with Crippen molar-refractivity contribution in [2.75, 3.05) is 19.5 Å². The molecular weight excluding hydrogens is 348 g/mol. The van der Waals surface area contributed by atoms with Gasteiger partial charge in [0.05, 0.1) is 10.7 Å². The third-order valence-corrected chi connectivity index (χ3v) is 4.49. The molecule has 0 bridgehead atoms. The number of nitro benzene ring substituents is 1. The van der Waals surface area contributed by atoms with Crippen LogP contribution < -0.4 is 5.69 Å². The number of ketones is 1. The van der Waals surface area contributed by atoms with Crippen LogP contribution in [0.15, 0.2) is 28.2 Å². The van der Waals surface area contributed by atoms with E-state index >= 15 is 0 Å². The zero-order chi connectivity index (χ0) is 18.4. The predicted octanol–water partition coefficient (Wildman–Crippen LogP) is 1.80. The third kappa shape index (κ3) is 4.77. The molecule has 10 heteroatoms. The van der Waals surface area contributed by atoms with Gasteiger partial charge in [0.25, 0.3) is 5.69 Å². The fourth-order valence-electron chi connectivity index (χ4n) is 2.17. The molecular formula is C15H18N4O5S. The second-order valence-electron chi connectivity index (χ2n) is 5.28. The second-order valence-corrected chi connectivity index (χ2v) is 6.22. The van der Waals surface area contributed by atoms with E-state index in [0.717, 1.165) is 11.8 Å². The highest BCUT2D eigenvalue weighted by Crippen LogP contribution is 2.21. The summed E-state index contributed by atoms with van der Waals surface area (Å²) < 4.78 is 6.39. The number of carbonyl (C=O) groups is 1. The van der Waals surface area contributed by atoms with Crippen LogP contribution >= 0.6 is 11.8 Å². The molecule has 1 aromatic heterocycles. The highest BCUT2D eigenvalue weighted by Gasteiger charge is 2.17. The minimum atomic E-state index is -0.513. The molecule has 0 saturated carbocycles. The second kappa shape index (κ2) is 8.58. The minimum absolute atomic E-state index is 0.0226. The van der Waals surface area contributed by atoms with Crippen LogP contribution in [0.25, 0.3) is 0 Å². The van der Waals surface area contributed by atoms with E-state index in [1.165, 1.54) is 10.6 Å². The molecule has 0 aliphatic rings. The number of benzene rings is 1. The molecule has 1 aromatic carbocycles. The highest BCUT2D eigenvalue weighted by atomic mass is 32.2. The molecule has 2 aromatic rings. The number of thioether (sulfide) groups is 1. The number of H-pyrrole nitrogens is 1. The quantitative estimate of drug-likeness (QED) is 0.236. The Hall–Kier alpha value is -2.46. The largest absolute Gasteiger partial charge is 0.385 e. The van der Waals surface area contributed by atoms with Crippen LogP contribution in [0.5, 0.6) is 0 Å². The summed E-state index contributed by atoms with van der Waals surface area (Å²) >= 11 is 1.11. The van der Waals surface area contributed by atoms with Gasteiger partial charge >= 0.3 is 5.69 Å².